The van der Waals surface area contributed by atoms with E-state index in [0.29, 0.717) is 20.8 Å². The average Bonchev–Trinajstić information content (AvgIpc) is 2.68. The van der Waals surface area contributed by atoms with Crippen molar-refractivity contribution in [1.82, 2.24) is 4.90 Å². The summed E-state index contributed by atoms with van der Waals surface area (Å²) in [5.74, 6) is -0.125. The molecule has 0 saturated carbocycles. The quantitative estimate of drug-likeness (QED) is 0.471. The molecule has 1 heterocycles. The van der Waals surface area contributed by atoms with E-state index in [9.17, 15) is 4.79 Å². The van der Waals surface area contributed by atoms with Gasteiger partial charge in [0, 0.05) is 11.6 Å². The van der Waals surface area contributed by atoms with Crippen LogP contribution in [-0.2, 0) is 4.79 Å². The highest BCUT2D eigenvalue weighted by Crippen LogP contribution is 2.32. The smallest absolute Gasteiger partial charge is 0.266 e. The molecule has 1 aliphatic heterocycles. The number of hydrogen-bond donors (Lipinski definition) is 0. The highest BCUT2D eigenvalue weighted by molar-refractivity contribution is 8.26. The van der Waals surface area contributed by atoms with Gasteiger partial charge in [0.25, 0.3) is 5.91 Å². The van der Waals surface area contributed by atoms with Gasteiger partial charge in [-0.2, -0.15) is 0 Å². The van der Waals surface area contributed by atoms with Crippen LogP contribution in [0.15, 0.2) is 59.0 Å². The lowest BCUT2D eigenvalue weighted by molar-refractivity contribution is -0.121. The van der Waals surface area contributed by atoms with Gasteiger partial charge in [-0.3, -0.25) is 9.69 Å². The first-order valence-corrected chi connectivity index (χ1v) is 7.50. The van der Waals surface area contributed by atoms with Crippen molar-refractivity contribution in [1.29, 1.82) is 0 Å². The van der Waals surface area contributed by atoms with Gasteiger partial charge in [0.2, 0.25) is 0 Å². The summed E-state index contributed by atoms with van der Waals surface area (Å²) in [7, 11) is 0. The fraction of sp³-hybridized carbons (Fsp3) is 0.0667. The van der Waals surface area contributed by atoms with Gasteiger partial charge in [0.1, 0.15) is 4.32 Å². The van der Waals surface area contributed by atoms with Crippen molar-refractivity contribution in [3.63, 3.8) is 0 Å². The molecule has 102 valence electrons. The van der Waals surface area contributed by atoms with E-state index in [2.05, 4.69) is 6.58 Å². The highest BCUT2D eigenvalue weighted by Gasteiger charge is 2.30. The number of thioether (sulfide) groups is 1. The molecule has 1 aromatic rings. The van der Waals surface area contributed by atoms with Crippen molar-refractivity contribution in [2.24, 2.45) is 0 Å². The first-order chi connectivity index (χ1) is 9.61. The van der Waals surface area contributed by atoms with E-state index in [-0.39, 0.29) is 5.91 Å². The summed E-state index contributed by atoms with van der Waals surface area (Å²) in [6.07, 6.45) is 5.10. The average molecular weight is 322 g/mol. The molecule has 0 radical (unpaired) electrons. The van der Waals surface area contributed by atoms with Crippen LogP contribution >= 0.6 is 35.6 Å². The van der Waals surface area contributed by atoms with Gasteiger partial charge in [-0.05, 0) is 17.7 Å². The lowest BCUT2D eigenvalue weighted by atomic mass is 10.2. The number of rotatable bonds is 4. The fourth-order valence-corrected chi connectivity index (χ4v) is 3.23. The minimum atomic E-state index is -0.125. The van der Waals surface area contributed by atoms with Crippen LogP contribution in [0.2, 0.25) is 0 Å². The maximum absolute atomic E-state index is 12.1. The van der Waals surface area contributed by atoms with Crippen molar-refractivity contribution in [2.45, 2.75) is 0 Å². The molecule has 0 aromatic heterocycles. The molecule has 1 fully saturated rings. The zero-order chi connectivity index (χ0) is 14.5. The minimum Gasteiger partial charge on any atom is -0.289 e. The van der Waals surface area contributed by atoms with Crippen molar-refractivity contribution < 1.29 is 4.79 Å². The molecule has 2 nitrogen and oxygen atoms in total. The summed E-state index contributed by atoms with van der Waals surface area (Å²) < 4.78 is 0.533. The number of halogens is 1. The van der Waals surface area contributed by atoms with E-state index >= 15 is 0 Å². The molecule has 5 heteroatoms. The minimum absolute atomic E-state index is 0.125. The summed E-state index contributed by atoms with van der Waals surface area (Å²) in [5, 5.41) is 0.496. The Kier molecular flexibility index (Phi) is 5.17. The van der Waals surface area contributed by atoms with Crippen LogP contribution in [0.25, 0.3) is 6.08 Å². The lowest BCUT2D eigenvalue weighted by Gasteiger charge is -2.10. The summed E-state index contributed by atoms with van der Waals surface area (Å²) in [4.78, 5) is 14.2. The number of amides is 1. The van der Waals surface area contributed by atoms with Crippen LogP contribution in [0, 0.1) is 0 Å². The van der Waals surface area contributed by atoms with Gasteiger partial charge in [-0.15, -0.1) is 6.58 Å². The summed E-state index contributed by atoms with van der Waals surface area (Å²) >= 11 is 12.6. The molecule has 0 spiro atoms. The molecule has 20 heavy (non-hydrogen) atoms. The van der Waals surface area contributed by atoms with E-state index in [1.165, 1.54) is 16.7 Å². The molecule has 0 unspecified atom stereocenters. The van der Waals surface area contributed by atoms with Gasteiger partial charge < -0.3 is 0 Å². The molecule has 1 saturated heterocycles. The standard InChI is InChI=1S/C15H12ClNOS2/c1-2-8-17-14(18)13(20-15(17)19)10-12(16)9-11-6-4-3-5-7-11/h2-7,9-10H,1,8H2/b12-9-,13-10-. The van der Waals surface area contributed by atoms with Crippen LogP contribution in [0.5, 0.6) is 0 Å². The second-order valence-electron chi connectivity index (χ2n) is 4.02. The molecular formula is C15H12ClNOS2. The second-order valence-corrected chi connectivity index (χ2v) is 6.13. The van der Waals surface area contributed by atoms with Crippen LogP contribution < -0.4 is 0 Å². The Labute approximate surface area is 132 Å². The zero-order valence-corrected chi connectivity index (χ0v) is 13.0. The first-order valence-electron chi connectivity index (χ1n) is 5.90. The molecule has 0 aliphatic carbocycles. The Morgan fingerprint density at radius 3 is 2.75 bits per heavy atom. The normalized spacial score (nSPS) is 17.9. The van der Waals surface area contributed by atoms with Gasteiger partial charge in [-0.25, -0.2) is 0 Å². The fourth-order valence-electron chi connectivity index (χ4n) is 1.66. The molecule has 1 aliphatic rings. The number of benzene rings is 1. The first kappa shape index (κ1) is 15.0. The van der Waals surface area contributed by atoms with Crippen molar-refractivity contribution in [2.75, 3.05) is 6.54 Å². The van der Waals surface area contributed by atoms with Crippen molar-refractivity contribution in [3.8, 4) is 0 Å². The lowest BCUT2D eigenvalue weighted by Crippen LogP contribution is -2.27. The monoisotopic (exact) mass is 321 g/mol. The Bertz CT molecular complexity index is 608. The second kappa shape index (κ2) is 6.88. The van der Waals surface area contributed by atoms with E-state index in [1.54, 1.807) is 12.2 Å². The van der Waals surface area contributed by atoms with Crippen LogP contribution in [0.3, 0.4) is 0 Å². The van der Waals surface area contributed by atoms with Gasteiger partial charge in [0.15, 0.2) is 0 Å². The Balaban J connectivity index is 2.19. The summed E-state index contributed by atoms with van der Waals surface area (Å²) in [6.45, 7) is 4.03. The molecule has 0 bridgehead atoms. The predicted molar refractivity (Wildman–Crippen MR) is 90.5 cm³/mol. The van der Waals surface area contributed by atoms with E-state index < -0.39 is 0 Å². The molecule has 1 amide bonds. The number of allylic oxidation sites excluding steroid dienone is 2. The molecular weight excluding hydrogens is 310 g/mol. The van der Waals surface area contributed by atoms with E-state index in [1.807, 2.05) is 36.4 Å². The number of nitrogens with zero attached hydrogens (tertiary/aromatic N) is 1. The Morgan fingerprint density at radius 2 is 2.10 bits per heavy atom. The van der Waals surface area contributed by atoms with Crippen LogP contribution in [0.4, 0.5) is 0 Å². The third-order valence-corrected chi connectivity index (χ3v) is 4.15. The third-order valence-electron chi connectivity index (χ3n) is 2.56. The Hall–Kier alpha value is -1.36. The molecule has 0 atom stereocenters. The largest absolute Gasteiger partial charge is 0.289 e. The van der Waals surface area contributed by atoms with Crippen LogP contribution in [0.1, 0.15) is 5.56 Å². The summed E-state index contributed by atoms with van der Waals surface area (Å²) in [6, 6.07) is 9.68. The highest BCUT2D eigenvalue weighted by atomic mass is 35.5. The molecule has 2 rings (SSSR count). The number of carbonyl (C=O) groups excluding carboxylic acids is 1. The molecule has 0 N–H and O–H groups in total. The van der Waals surface area contributed by atoms with Gasteiger partial charge >= 0.3 is 0 Å². The maximum atomic E-state index is 12.1. The zero-order valence-electron chi connectivity index (χ0n) is 10.6. The number of thiocarbonyl (C=S) groups is 1. The van der Waals surface area contributed by atoms with Crippen molar-refractivity contribution >= 4 is 51.9 Å². The third kappa shape index (κ3) is 3.60. The number of hydrogen-bond acceptors (Lipinski definition) is 3. The van der Waals surface area contributed by atoms with E-state index in [4.69, 9.17) is 23.8 Å². The number of carbonyl (C=O) groups is 1. The van der Waals surface area contributed by atoms with Gasteiger partial charge in [-0.1, -0.05) is 72.0 Å². The topological polar surface area (TPSA) is 20.3 Å². The maximum Gasteiger partial charge on any atom is 0.266 e. The Morgan fingerprint density at radius 1 is 1.40 bits per heavy atom. The van der Waals surface area contributed by atoms with Gasteiger partial charge in [0.05, 0.1) is 4.91 Å². The summed E-state index contributed by atoms with van der Waals surface area (Å²) in [5.41, 5.74) is 0.982. The van der Waals surface area contributed by atoms with Crippen molar-refractivity contribution in [3.05, 3.63) is 64.6 Å². The van der Waals surface area contributed by atoms with E-state index in [0.717, 1.165) is 5.56 Å². The molecule has 1 aromatic carbocycles. The predicted octanol–water partition coefficient (Wildman–Crippen LogP) is 4.20. The SMILES string of the molecule is C=CCN1C(=O)/C(=C/C(Cl)=C/c2ccccc2)SC1=S. The van der Waals surface area contributed by atoms with Crippen LogP contribution in [-0.4, -0.2) is 21.7 Å².